The zero-order chi connectivity index (χ0) is 90.5. The van der Waals surface area contributed by atoms with Crippen molar-refractivity contribution in [3.05, 3.63) is 257 Å². The number of pyridine rings is 4. The molecule has 5 aromatic carbocycles. The van der Waals surface area contributed by atoms with Gasteiger partial charge in [0.15, 0.2) is 5.83 Å². The van der Waals surface area contributed by atoms with Crippen molar-refractivity contribution in [1.82, 2.24) is 86.0 Å². The zero-order valence-corrected chi connectivity index (χ0v) is 75.3. The summed E-state index contributed by atoms with van der Waals surface area (Å²) in [6, 6.07) is 22.1. The van der Waals surface area contributed by atoms with Gasteiger partial charge in [-0.1, -0.05) is 12.1 Å². The highest BCUT2D eigenvalue weighted by atomic mass is 32.1. The Kier molecular flexibility index (Phi) is 24.4. The van der Waals surface area contributed by atoms with Crippen LogP contribution in [0.3, 0.4) is 0 Å². The lowest BCUT2D eigenvalue weighted by Gasteiger charge is -2.35. The number of likely N-dealkylation sites (N-methyl/N-ethyl adjacent to an activating group) is 2. The fraction of sp³-hybridized carbons (Fsp3) is 0.293. The monoisotopic (exact) mass is 1800 g/mol. The molecule has 132 heavy (non-hydrogen) atoms. The molecule has 7 aliphatic rings. The molecule has 0 fully saturated rings. The molecule has 0 saturated carbocycles. The third-order valence-corrected chi connectivity index (χ3v) is 29.2. The molecule has 33 heteroatoms. The minimum atomic E-state index is -1.47. The van der Waals surface area contributed by atoms with Crippen LogP contribution in [-0.4, -0.2) is 160 Å². The summed E-state index contributed by atoms with van der Waals surface area (Å²) >= 11 is 2.94. The number of nitrogens with zero attached hydrogens (tertiary/aromatic N) is 13. The van der Waals surface area contributed by atoms with Gasteiger partial charge in [-0.05, 0) is 313 Å². The number of aryl methyl sites for hydroxylation is 5. The molecular weight excluding hydrogens is 1700 g/mol. The number of hydrogen-bond acceptors (Lipinski definition) is 22. The number of hydrogen-bond donors (Lipinski definition) is 12. The van der Waals surface area contributed by atoms with Gasteiger partial charge in [-0.25, -0.2) is 19.3 Å². The number of aromatic amines is 6. The number of aromatic nitrogens is 16. The van der Waals surface area contributed by atoms with E-state index in [0.717, 1.165) is 247 Å². The van der Waals surface area contributed by atoms with E-state index in [-0.39, 0.29) is 12.0 Å². The summed E-state index contributed by atoms with van der Waals surface area (Å²) < 4.78 is 26.9. The third kappa shape index (κ3) is 16.2. The van der Waals surface area contributed by atoms with Gasteiger partial charge in [-0.3, -0.25) is 45.7 Å². The van der Waals surface area contributed by atoms with E-state index in [9.17, 15) is 39.0 Å². The largest absolute Gasteiger partial charge is 0.499 e. The molecule has 24 rings (SSSR count). The lowest BCUT2D eigenvalue weighted by Crippen LogP contribution is -2.34. The highest BCUT2D eigenvalue weighted by Crippen LogP contribution is 2.51. The van der Waals surface area contributed by atoms with Gasteiger partial charge in [0.05, 0.1) is 133 Å². The number of fused-ring (bicyclic) bond motifs is 24. The molecule has 12 aromatic heterocycles. The number of nitrogens with one attached hydrogen (secondary N) is 7. The van der Waals surface area contributed by atoms with Crippen LogP contribution in [0, 0.1) is 17.0 Å². The second kappa shape index (κ2) is 37.2. The lowest BCUT2D eigenvalue weighted by molar-refractivity contribution is -0.423. The predicted molar refractivity (Wildman–Crippen MR) is 525 cm³/mol. The Morgan fingerprint density at radius 1 is 0.568 bits per heavy atom. The molecule has 0 bridgehead atoms. The van der Waals surface area contributed by atoms with Gasteiger partial charge in [0.1, 0.15) is 0 Å². The summed E-state index contributed by atoms with van der Waals surface area (Å²) in [7, 11) is 3.47. The summed E-state index contributed by atoms with van der Waals surface area (Å²) in [5, 5.41) is 112. The number of benzene rings is 5. The summed E-state index contributed by atoms with van der Waals surface area (Å²) in [4.78, 5) is 36.1. The second-order valence-corrected chi connectivity index (χ2v) is 37.2. The van der Waals surface area contributed by atoms with Crippen LogP contribution in [-0.2, 0) is 51.4 Å². The van der Waals surface area contributed by atoms with E-state index < -0.39 is 30.7 Å². The van der Waals surface area contributed by atoms with E-state index in [2.05, 4.69) is 123 Å². The SMILES string of the molecule is Cc1[nH]ncc1-c1nc2c(N(C)CCN(C)C)cc3[nH]ncc3c2c2c1CCCC2.N/C=C/C(=C\C=C\F)c1nc2ccc3[nH]ncc3c2c2c1CCCC2.O=[N+]([O-])C1=CC(c2nc3ccc4[nH]ncc4c3c3c2CCCC3)CC=C1F.OB(O)c1ccsc1C1Nc2ccc3[nH]ncc3c2C2=C1CCCC2.OB(O)c1sccc1-c1nc2ccc3[nH]ncc3c2c2c1CCCC2. The molecule has 13 N–H and O–H groups in total. The maximum Gasteiger partial charge on any atom is 0.499 e. The number of anilines is 2. The summed E-state index contributed by atoms with van der Waals surface area (Å²) in [6.07, 6.45) is 43.0. The van der Waals surface area contributed by atoms with Crippen molar-refractivity contribution in [2.45, 2.75) is 154 Å². The van der Waals surface area contributed by atoms with Gasteiger partial charge in [0, 0.05) is 124 Å². The number of nitrogens with two attached hydrogens (primary N) is 1. The number of halogens is 2. The molecule has 0 spiro atoms. The van der Waals surface area contributed by atoms with E-state index in [4.69, 9.17) is 25.7 Å². The maximum absolute atomic E-state index is 13.8. The van der Waals surface area contributed by atoms with Crippen molar-refractivity contribution in [1.29, 1.82) is 0 Å². The van der Waals surface area contributed by atoms with Crippen molar-refractivity contribution < 1.29 is 33.8 Å². The molecule has 0 saturated heterocycles. The molecule has 13 heterocycles. The van der Waals surface area contributed by atoms with Gasteiger partial charge in [-0.15, -0.1) is 11.3 Å². The molecule has 27 nitrogen and oxygen atoms in total. The fourth-order valence-electron chi connectivity index (χ4n) is 21.0. The van der Waals surface area contributed by atoms with Crippen molar-refractivity contribution >= 4 is 168 Å². The number of nitro groups is 1. The van der Waals surface area contributed by atoms with E-state index in [0.29, 0.717) is 23.0 Å². The van der Waals surface area contributed by atoms with Gasteiger partial charge >= 0.3 is 19.9 Å². The lowest BCUT2D eigenvalue weighted by atomic mass is 9.74. The first-order valence-corrected chi connectivity index (χ1v) is 47.1. The van der Waals surface area contributed by atoms with Crippen LogP contribution < -0.4 is 26.2 Å². The fourth-order valence-corrected chi connectivity index (χ4v) is 22.8. The molecule has 17 aromatic rings. The molecular formula is C99H99B2F2N21O6S2. The Morgan fingerprint density at radius 3 is 1.69 bits per heavy atom. The Morgan fingerprint density at radius 2 is 1.09 bits per heavy atom. The number of allylic oxidation sites excluding steroid dienone is 8. The highest BCUT2D eigenvalue weighted by Gasteiger charge is 2.37. The average Bonchev–Trinajstić information content (AvgIpc) is 1.51. The Balaban J connectivity index is 0.000000103. The third-order valence-electron chi connectivity index (χ3n) is 27.2. The predicted octanol–water partition coefficient (Wildman–Crippen LogP) is 17.7. The van der Waals surface area contributed by atoms with Crippen LogP contribution in [0.4, 0.5) is 20.2 Å². The highest BCUT2D eigenvalue weighted by molar-refractivity contribution is 7.21. The standard InChI is InChI=1S/C23H29N7.C20H17FN4O2.C20H19FN4.C18H18BN3O2S.C18H16BN3O2S/c1-14-17(12-24-27-14)22-16-8-6-5-7-15(16)21-18-13-25-28-19(18)11-20(23(21)26-22)30(4)10-9-29(2)3;21-15-6-5-11(9-18(15)25(26)27)20-13-4-2-1-3-12(13)19-14-10-22-24-16(14)7-8-17(19)23-20;21-10-3-4-13(9-11-22)20-15-6-2-1-5-14(15)19-16-12-23-25-17(16)7-8-18(19)24-20;23-19(24)13-7-8-25-18(13)17-11-4-2-1-3-10(11)16-12-9-20-22-14(12)5-6-15(16)21-17;23-19(24)18-12(7-8-25-18)17-11-4-2-1-3-10(11)16-13-9-20-22-14(13)5-6-15(16)21-17/h11-13H,5-10H2,1-4H3,(H,24,27)(H,25,28);6-11H,1-5H2,(H,22,24);3-4,7-12H,1-2,5-6,22H2,(H,23,25);5-9,17,21,23-24H,1-4H2,(H,20,22);5-9,23-24H,1-4H2,(H,20,22)/b;;10-3+,11-9+,13-4+;;. The Bertz CT molecular complexity index is 7550. The first kappa shape index (κ1) is 86.8. The van der Waals surface area contributed by atoms with Crippen molar-refractivity contribution in [2.24, 2.45) is 5.73 Å². The van der Waals surface area contributed by atoms with E-state index in [1.165, 1.54) is 151 Å². The minimum absolute atomic E-state index is 0.0175. The number of rotatable bonds is 14. The van der Waals surface area contributed by atoms with Gasteiger partial charge in [0.25, 0.3) is 0 Å². The van der Waals surface area contributed by atoms with Crippen molar-refractivity contribution in [3.63, 3.8) is 0 Å². The van der Waals surface area contributed by atoms with Crippen LogP contribution in [0.1, 0.15) is 167 Å². The van der Waals surface area contributed by atoms with Crippen LogP contribution in [0.2, 0.25) is 0 Å². The van der Waals surface area contributed by atoms with E-state index in [1.54, 1.807) is 23.5 Å². The normalized spacial score (nSPS) is 16.6. The molecule has 668 valence electrons. The molecule has 2 unspecified atom stereocenters. The van der Waals surface area contributed by atoms with Gasteiger partial charge < -0.3 is 40.9 Å². The molecule has 1 aliphatic heterocycles. The summed E-state index contributed by atoms with van der Waals surface area (Å²) in [5.74, 6) is -1.03. The van der Waals surface area contributed by atoms with Gasteiger partial charge in [0.2, 0.25) is 0 Å². The van der Waals surface area contributed by atoms with Crippen LogP contribution in [0.5, 0.6) is 0 Å². The molecule has 0 radical (unpaired) electrons. The molecule has 2 atom stereocenters. The van der Waals surface area contributed by atoms with E-state index in [1.807, 2.05) is 96.5 Å². The number of thiophene rings is 2. The summed E-state index contributed by atoms with van der Waals surface area (Å²) in [5.41, 5.74) is 39.0. The average molecular weight is 1800 g/mol. The minimum Gasteiger partial charge on any atom is -0.423 e. The van der Waals surface area contributed by atoms with Crippen LogP contribution >= 0.6 is 22.7 Å². The first-order valence-electron chi connectivity index (χ1n) is 45.4. The zero-order valence-electron chi connectivity index (χ0n) is 73.7. The molecule has 6 aliphatic carbocycles. The molecule has 0 amide bonds. The topological polar surface area (TPSA) is 392 Å². The van der Waals surface area contributed by atoms with Crippen LogP contribution in [0.15, 0.2) is 175 Å². The second-order valence-electron chi connectivity index (χ2n) is 35.3. The first-order chi connectivity index (χ1) is 64.5. The quantitative estimate of drug-likeness (QED) is 0.0208. The van der Waals surface area contributed by atoms with Crippen LogP contribution in [0.25, 0.3) is 132 Å². The smallest absolute Gasteiger partial charge is 0.423 e. The Labute approximate surface area is 766 Å². The summed E-state index contributed by atoms with van der Waals surface area (Å²) in [6.45, 7) is 3.99. The van der Waals surface area contributed by atoms with E-state index >= 15 is 0 Å². The Hall–Kier alpha value is -13.3. The number of H-pyrrole nitrogens is 6. The van der Waals surface area contributed by atoms with Crippen molar-refractivity contribution in [3.8, 4) is 22.5 Å². The van der Waals surface area contributed by atoms with Gasteiger partial charge in [-0.2, -0.15) is 46.3 Å². The maximum atomic E-state index is 13.8. The van der Waals surface area contributed by atoms with Crippen molar-refractivity contribution in [2.75, 3.05) is 44.4 Å².